The van der Waals surface area contributed by atoms with Crippen molar-refractivity contribution >= 4 is 22.6 Å². The fourth-order valence-electron chi connectivity index (χ4n) is 6.45. The number of carbonyl (C=O) groups excluding carboxylic acids is 2. The molecule has 3 aromatic carbocycles. The van der Waals surface area contributed by atoms with Gasteiger partial charge in [0.25, 0.3) is 5.91 Å². The van der Waals surface area contributed by atoms with Crippen LogP contribution in [0.3, 0.4) is 0 Å². The Morgan fingerprint density at radius 3 is 2.58 bits per heavy atom. The average Bonchev–Trinajstić information content (AvgIpc) is 2.88. The average molecular weight is 487 g/mol. The SMILES string of the molecule is CO[C@]12CC[C@@H](NC(=O)c3ccc4ccccc4c3)C[C@]1(c1cccc(OC(C)=O)c1)CCN(C)C2. The van der Waals surface area contributed by atoms with E-state index in [9.17, 15) is 9.59 Å². The minimum Gasteiger partial charge on any atom is -0.427 e. The molecule has 1 heterocycles. The second kappa shape index (κ2) is 9.68. The van der Waals surface area contributed by atoms with E-state index < -0.39 is 0 Å². The lowest BCUT2D eigenvalue weighted by Crippen LogP contribution is -2.67. The van der Waals surface area contributed by atoms with Crippen molar-refractivity contribution in [1.82, 2.24) is 10.2 Å². The summed E-state index contributed by atoms with van der Waals surface area (Å²) in [6, 6.07) is 21.8. The Kier molecular flexibility index (Phi) is 6.58. The molecule has 1 N–H and O–H groups in total. The lowest BCUT2D eigenvalue weighted by atomic mass is 9.55. The van der Waals surface area contributed by atoms with E-state index in [4.69, 9.17) is 9.47 Å². The van der Waals surface area contributed by atoms with E-state index in [1.807, 2.05) is 54.6 Å². The van der Waals surface area contributed by atoms with Crippen LogP contribution in [0.1, 0.15) is 48.5 Å². The number of esters is 1. The minimum absolute atomic E-state index is 0.00744. The molecule has 0 bridgehead atoms. The van der Waals surface area contributed by atoms with Gasteiger partial charge in [-0.25, -0.2) is 0 Å². The number of benzene rings is 3. The van der Waals surface area contributed by atoms with Crippen LogP contribution >= 0.6 is 0 Å². The summed E-state index contributed by atoms with van der Waals surface area (Å²) in [7, 11) is 3.94. The Morgan fingerprint density at radius 1 is 1.00 bits per heavy atom. The quantitative estimate of drug-likeness (QED) is 0.418. The molecule has 1 saturated heterocycles. The maximum atomic E-state index is 13.3. The van der Waals surface area contributed by atoms with Crippen LogP contribution in [-0.2, 0) is 14.9 Å². The van der Waals surface area contributed by atoms with Crippen molar-refractivity contribution in [2.75, 3.05) is 27.2 Å². The van der Waals surface area contributed by atoms with Gasteiger partial charge in [0.05, 0.1) is 5.60 Å². The highest BCUT2D eigenvalue weighted by Gasteiger charge is 2.58. The number of hydrogen-bond donors (Lipinski definition) is 1. The Bertz CT molecular complexity index is 1290. The molecule has 3 aromatic rings. The van der Waals surface area contributed by atoms with E-state index in [-0.39, 0.29) is 28.9 Å². The highest BCUT2D eigenvalue weighted by molar-refractivity contribution is 5.98. The van der Waals surface area contributed by atoms with Gasteiger partial charge in [-0.15, -0.1) is 0 Å². The van der Waals surface area contributed by atoms with E-state index in [2.05, 4.69) is 29.4 Å². The number of nitrogens with zero attached hydrogens (tertiary/aromatic N) is 1. The van der Waals surface area contributed by atoms with Crippen molar-refractivity contribution in [2.24, 2.45) is 0 Å². The molecule has 0 radical (unpaired) electrons. The van der Waals surface area contributed by atoms with E-state index >= 15 is 0 Å². The first-order valence-electron chi connectivity index (χ1n) is 12.7. The van der Waals surface area contributed by atoms with Crippen LogP contribution in [0.2, 0.25) is 0 Å². The molecule has 1 aliphatic carbocycles. The molecular formula is C30H34N2O4. The molecule has 1 amide bonds. The molecule has 6 heteroatoms. The molecule has 1 aliphatic heterocycles. The molecule has 5 rings (SSSR count). The molecular weight excluding hydrogens is 452 g/mol. The van der Waals surface area contributed by atoms with Crippen LogP contribution in [0, 0.1) is 0 Å². The number of likely N-dealkylation sites (tertiary alicyclic amines) is 1. The Balaban J connectivity index is 1.46. The summed E-state index contributed by atoms with van der Waals surface area (Å²) in [5, 5.41) is 5.51. The zero-order valence-corrected chi connectivity index (χ0v) is 21.3. The van der Waals surface area contributed by atoms with Gasteiger partial charge in [-0.3, -0.25) is 9.59 Å². The van der Waals surface area contributed by atoms with Crippen molar-refractivity contribution in [3.05, 3.63) is 77.9 Å². The molecule has 1 saturated carbocycles. The van der Waals surface area contributed by atoms with Gasteiger partial charge < -0.3 is 19.7 Å². The fraction of sp³-hybridized carbons (Fsp3) is 0.400. The van der Waals surface area contributed by atoms with E-state index in [0.29, 0.717) is 11.3 Å². The number of nitrogens with one attached hydrogen (secondary N) is 1. The number of likely N-dealkylation sites (N-methyl/N-ethyl adjacent to an activating group) is 1. The topological polar surface area (TPSA) is 67.9 Å². The monoisotopic (exact) mass is 486 g/mol. The van der Waals surface area contributed by atoms with Crippen LogP contribution in [-0.4, -0.2) is 55.7 Å². The van der Waals surface area contributed by atoms with E-state index in [0.717, 1.165) is 55.1 Å². The Labute approximate surface area is 212 Å². The normalized spacial score (nSPS) is 26.2. The van der Waals surface area contributed by atoms with Crippen LogP contribution in [0.5, 0.6) is 5.75 Å². The second-order valence-electron chi connectivity index (χ2n) is 10.4. The Morgan fingerprint density at radius 2 is 1.81 bits per heavy atom. The highest BCUT2D eigenvalue weighted by Crippen LogP contribution is 2.53. The molecule has 0 aromatic heterocycles. The first kappa shape index (κ1) is 24.5. The third kappa shape index (κ3) is 4.40. The number of hydrogen-bond acceptors (Lipinski definition) is 5. The standard InChI is InChI=1S/C30H34N2O4/c1-21(33)36-27-10-6-9-25(18-27)29-15-16-32(2)20-30(29,35-3)14-13-26(19-29)31-28(34)24-12-11-22-7-4-5-8-23(22)17-24/h4-12,17-18,26H,13-16,19-20H2,1-3H3,(H,31,34)/t26-,29+,30+/m1/s1. The summed E-state index contributed by atoms with van der Waals surface area (Å²) < 4.78 is 11.8. The molecule has 36 heavy (non-hydrogen) atoms. The second-order valence-corrected chi connectivity index (χ2v) is 10.4. The van der Waals surface area contributed by atoms with Gasteiger partial charge in [-0.2, -0.15) is 0 Å². The number of piperidine rings is 1. The maximum Gasteiger partial charge on any atom is 0.308 e. The largest absolute Gasteiger partial charge is 0.427 e. The van der Waals surface area contributed by atoms with E-state index in [1.165, 1.54) is 6.92 Å². The van der Waals surface area contributed by atoms with E-state index in [1.54, 1.807) is 7.11 Å². The first-order chi connectivity index (χ1) is 17.3. The summed E-state index contributed by atoms with van der Waals surface area (Å²) >= 11 is 0. The molecule has 0 unspecified atom stereocenters. The number of amides is 1. The van der Waals surface area contributed by atoms with Crippen LogP contribution in [0.25, 0.3) is 10.8 Å². The molecule has 3 atom stereocenters. The molecule has 188 valence electrons. The zero-order valence-electron chi connectivity index (χ0n) is 21.3. The van der Waals surface area contributed by atoms with Crippen LogP contribution in [0.4, 0.5) is 0 Å². The fourth-order valence-corrected chi connectivity index (χ4v) is 6.45. The van der Waals surface area contributed by atoms with Crippen LogP contribution < -0.4 is 10.1 Å². The molecule has 2 fully saturated rings. The number of rotatable bonds is 5. The van der Waals surface area contributed by atoms with Gasteiger partial charge >= 0.3 is 5.97 Å². The van der Waals surface area contributed by atoms with Crippen LogP contribution in [0.15, 0.2) is 66.7 Å². The predicted molar refractivity (Wildman–Crippen MR) is 140 cm³/mol. The summed E-state index contributed by atoms with van der Waals surface area (Å²) in [6.45, 7) is 3.15. The van der Waals surface area contributed by atoms with Gasteiger partial charge in [0.2, 0.25) is 0 Å². The Hall–Kier alpha value is -3.22. The first-order valence-corrected chi connectivity index (χ1v) is 12.7. The van der Waals surface area contributed by atoms with Gasteiger partial charge in [0.1, 0.15) is 5.75 Å². The minimum atomic E-state index is -0.390. The lowest BCUT2D eigenvalue weighted by Gasteiger charge is -2.59. The third-order valence-electron chi connectivity index (χ3n) is 8.20. The number of methoxy groups -OCH3 is 1. The summed E-state index contributed by atoms with van der Waals surface area (Å²) in [5.74, 6) is 0.156. The highest BCUT2D eigenvalue weighted by atomic mass is 16.5. The molecule has 6 nitrogen and oxygen atoms in total. The molecule has 0 spiro atoms. The van der Waals surface area contributed by atoms with Gasteiger partial charge in [-0.05, 0) is 79.9 Å². The molecule has 2 aliphatic rings. The maximum absolute atomic E-state index is 13.3. The predicted octanol–water partition coefficient (Wildman–Crippen LogP) is 4.71. The number of carbonyl (C=O) groups is 2. The van der Waals surface area contributed by atoms with Crippen molar-refractivity contribution in [2.45, 2.75) is 49.7 Å². The smallest absolute Gasteiger partial charge is 0.308 e. The van der Waals surface area contributed by atoms with Gasteiger partial charge in [0, 0.05) is 37.6 Å². The zero-order chi connectivity index (χ0) is 25.3. The third-order valence-corrected chi connectivity index (χ3v) is 8.20. The number of ether oxygens (including phenoxy) is 2. The van der Waals surface area contributed by atoms with Crippen molar-refractivity contribution in [1.29, 1.82) is 0 Å². The van der Waals surface area contributed by atoms with Crippen molar-refractivity contribution < 1.29 is 19.1 Å². The number of fused-ring (bicyclic) bond motifs is 2. The summed E-state index contributed by atoms with van der Waals surface area (Å²) in [5.41, 5.74) is 1.07. The summed E-state index contributed by atoms with van der Waals surface area (Å²) in [4.78, 5) is 27.3. The summed E-state index contributed by atoms with van der Waals surface area (Å²) in [6.07, 6.45) is 3.32. The lowest BCUT2D eigenvalue weighted by molar-refractivity contribution is -0.144. The van der Waals surface area contributed by atoms with Crippen molar-refractivity contribution in [3.63, 3.8) is 0 Å². The van der Waals surface area contributed by atoms with Gasteiger partial charge in [-0.1, -0.05) is 42.5 Å². The van der Waals surface area contributed by atoms with Crippen molar-refractivity contribution in [3.8, 4) is 5.75 Å². The van der Waals surface area contributed by atoms with Gasteiger partial charge in [0.15, 0.2) is 0 Å².